The molecule has 2 aliphatic rings. The molecule has 1 heterocycles. The van der Waals surface area contributed by atoms with Gasteiger partial charge in [0.2, 0.25) is 0 Å². The summed E-state index contributed by atoms with van der Waals surface area (Å²) in [6.07, 6.45) is 5.71. The second kappa shape index (κ2) is 3.58. The lowest BCUT2D eigenvalue weighted by atomic mass is 10.1. The Morgan fingerprint density at radius 3 is 2.69 bits per heavy atom. The van der Waals surface area contributed by atoms with Gasteiger partial charge in [-0.3, -0.25) is 0 Å². The third-order valence-electron chi connectivity index (χ3n) is 3.74. The summed E-state index contributed by atoms with van der Waals surface area (Å²) in [6.45, 7) is 6.28. The lowest BCUT2D eigenvalue weighted by molar-refractivity contribution is 0.212. The van der Waals surface area contributed by atoms with Gasteiger partial charge in [-0.15, -0.1) is 0 Å². The van der Waals surface area contributed by atoms with Crippen LogP contribution in [-0.4, -0.2) is 37.6 Å². The maximum Gasteiger partial charge on any atom is 0.00676 e. The Bertz CT molecular complexity index is 175. The first-order valence-corrected chi connectivity index (χ1v) is 5.64. The molecule has 2 fully saturated rings. The number of hydrogen-bond acceptors (Lipinski definition) is 2. The zero-order chi connectivity index (χ0) is 9.31. The molecule has 0 amide bonds. The van der Waals surface area contributed by atoms with Crippen molar-refractivity contribution in [3.8, 4) is 0 Å². The number of likely N-dealkylation sites (tertiary alicyclic amines) is 1. The fourth-order valence-corrected chi connectivity index (χ4v) is 2.60. The summed E-state index contributed by atoms with van der Waals surface area (Å²) < 4.78 is 0. The highest BCUT2D eigenvalue weighted by Crippen LogP contribution is 2.46. The monoisotopic (exact) mass is 182 g/mol. The molecule has 1 atom stereocenters. The molecule has 2 heteroatoms. The molecule has 76 valence electrons. The Labute approximate surface area is 81.7 Å². The minimum atomic E-state index is 0.660. The molecule has 1 saturated carbocycles. The summed E-state index contributed by atoms with van der Waals surface area (Å²) in [5, 5.41) is 3.33. The molecular weight excluding hydrogens is 160 g/mol. The lowest BCUT2D eigenvalue weighted by Gasteiger charge is -2.26. The zero-order valence-corrected chi connectivity index (χ0v) is 8.97. The quantitative estimate of drug-likeness (QED) is 0.708. The molecule has 2 rings (SSSR count). The standard InChI is InChI=1S/C11H22N2/c1-10-4-3-7-13(10)9-11(5-6-11)8-12-2/h10,12H,3-9H2,1-2H3. The molecule has 0 radical (unpaired) electrons. The van der Waals surface area contributed by atoms with E-state index < -0.39 is 0 Å². The molecule has 0 bridgehead atoms. The SMILES string of the molecule is CNCC1(CN2CCCC2C)CC1. The largest absolute Gasteiger partial charge is 0.319 e. The molecule has 0 aromatic carbocycles. The van der Waals surface area contributed by atoms with Gasteiger partial charge in [0, 0.05) is 19.1 Å². The lowest BCUT2D eigenvalue weighted by Crippen LogP contribution is -2.36. The first-order chi connectivity index (χ1) is 6.26. The molecule has 1 aliphatic carbocycles. The molecular formula is C11H22N2. The van der Waals surface area contributed by atoms with Crippen molar-refractivity contribution < 1.29 is 0 Å². The first-order valence-electron chi connectivity index (χ1n) is 5.64. The van der Waals surface area contributed by atoms with E-state index in [1.807, 2.05) is 0 Å². The molecule has 13 heavy (non-hydrogen) atoms. The van der Waals surface area contributed by atoms with Crippen LogP contribution in [0, 0.1) is 5.41 Å². The van der Waals surface area contributed by atoms with E-state index in [1.54, 1.807) is 0 Å². The van der Waals surface area contributed by atoms with E-state index in [4.69, 9.17) is 0 Å². The summed E-state index contributed by atoms with van der Waals surface area (Å²) in [4.78, 5) is 2.68. The Morgan fingerprint density at radius 1 is 1.46 bits per heavy atom. The van der Waals surface area contributed by atoms with Crippen molar-refractivity contribution in [2.45, 2.75) is 38.6 Å². The topological polar surface area (TPSA) is 15.3 Å². The zero-order valence-electron chi connectivity index (χ0n) is 8.97. The van der Waals surface area contributed by atoms with Crippen LogP contribution in [0.1, 0.15) is 32.6 Å². The third kappa shape index (κ3) is 2.05. The summed E-state index contributed by atoms with van der Waals surface area (Å²) in [5.41, 5.74) is 0.660. The van der Waals surface area contributed by atoms with Gasteiger partial charge < -0.3 is 10.2 Å². The molecule has 1 aliphatic heterocycles. The molecule has 0 aromatic heterocycles. The van der Waals surface area contributed by atoms with Crippen molar-refractivity contribution in [2.75, 3.05) is 26.7 Å². The van der Waals surface area contributed by atoms with Crippen LogP contribution in [0.3, 0.4) is 0 Å². The van der Waals surface area contributed by atoms with E-state index in [0.717, 1.165) is 6.04 Å². The first kappa shape index (κ1) is 9.47. The van der Waals surface area contributed by atoms with Crippen LogP contribution >= 0.6 is 0 Å². The highest BCUT2D eigenvalue weighted by molar-refractivity contribution is 4.98. The maximum absolute atomic E-state index is 3.33. The Morgan fingerprint density at radius 2 is 2.23 bits per heavy atom. The molecule has 1 unspecified atom stereocenters. The van der Waals surface area contributed by atoms with Crippen molar-refractivity contribution in [3.05, 3.63) is 0 Å². The van der Waals surface area contributed by atoms with Crippen molar-refractivity contribution in [1.82, 2.24) is 10.2 Å². The van der Waals surface area contributed by atoms with Crippen molar-refractivity contribution in [3.63, 3.8) is 0 Å². The van der Waals surface area contributed by atoms with E-state index in [2.05, 4.69) is 24.2 Å². The van der Waals surface area contributed by atoms with Gasteiger partial charge in [0.15, 0.2) is 0 Å². The van der Waals surface area contributed by atoms with Crippen LogP contribution in [0.15, 0.2) is 0 Å². The average molecular weight is 182 g/mol. The fraction of sp³-hybridized carbons (Fsp3) is 1.00. The minimum Gasteiger partial charge on any atom is -0.319 e. The molecule has 1 saturated heterocycles. The number of nitrogens with zero attached hydrogens (tertiary/aromatic N) is 1. The van der Waals surface area contributed by atoms with Gasteiger partial charge in [-0.2, -0.15) is 0 Å². The second-order valence-electron chi connectivity index (χ2n) is 4.99. The average Bonchev–Trinajstić information content (AvgIpc) is 2.73. The maximum atomic E-state index is 3.33. The van der Waals surface area contributed by atoms with Gasteiger partial charge in [0.25, 0.3) is 0 Å². The van der Waals surface area contributed by atoms with E-state index in [0.29, 0.717) is 5.41 Å². The van der Waals surface area contributed by atoms with Crippen LogP contribution < -0.4 is 5.32 Å². The van der Waals surface area contributed by atoms with Crippen molar-refractivity contribution in [1.29, 1.82) is 0 Å². The van der Waals surface area contributed by atoms with Crippen molar-refractivity contribution in [2.24, 2.45) is 5.41 Å². The normalized spacial score (nSPS) is 32.3. The van der Waals surface area contributed by atoms with Gasteiger partial charge in [0.05, 0.1) is 0 Å². The van der Waals surface area contributed by atoms with E-state index in [-0.39, 0.29) is 0 Å². The summed E-state index contributed by atoms with van der Waals surface area (Å²) in [5.74, 6) is 0. The molecule has 0 spiro atoms. The van der Waals surface area contributed by atoms with Crippen LogP contribution in [0.4, 0.5) is 0 Å². The molecule has 2 nitrogen and oxygen atoms in total. The summed E-state index contributed by atoms with van der Waals surface area (Å²) in [7, 11) is 2.08. The number of rotatable bonds is 4. The molecule has 1 N–H and O–H groups in total. The van der Waals surface area contributed by atoms with Gasteiger partial charge in [0.1, 0.15) is 0 Å². The third-order valence-corrected chi connectivity index (χ3v) is 3.74. The van der Waals surface area contributed by atoms with Gasteiger partial charge in [-0.1, -0.05) is 0 Å². The summed E-state index contributed by atoms with van der Waals surface area (Å²) >= 11 is 0. The van der Waals surface area contributed by atoms with E-state index in [1.165, 1.54) is 45.3 Å². The predicted molar refractivity (Wildman–Crippen MR) is 55.9 cm³/mol. The van der Waals surface area contributed by atoms with Crippen molar-refractivity contribution >= 4 is 0 Å². The second-order valence-corrected chi connectivity index (χ2v) is 4.99. The van der Waals surface area contributed by atoms with Crippen LogP contribution in [0.25, 0.3) is 0 Å². The smallest absolute Gasteiger partial charge is 0.00676 e. The van der Waals surface area contributed by atoms with Crippen LogP contribution in [0.5, 0.6) is 0 Å². The fourth-order valence-electron chi connectivity index (χ4n) is 2.60. The van der Waals surface area contributed by atoms with E-state index in [9.17, 15) is 0 Å². The van der Waals surface area contributed by atoms with Crippen LogP contribution in [-0.2, 0) is 0 Å². The number of hydrogen-bond donors (Lipinski definition) is 1. The summed E-state index contributed by atoms with van der Waals surface area (Å²) in [6, 6.07) is 0.842. The predicted octanol–water partition coefficient (Wildman–Crippen LogP) is 1.47. The number of nitrogens with one attached hydrogen (secondary N) is 1. The Hall–Kier alpha value is -0.0800. The van der Waals surface area contributed by atoms with Gasteiger partial charge in [-0.25, -0.2) is 0 Å². The molecule has 0 aromatic rings. The highest BCUT2D eigenvalue weighted by Gasteiger charge is 2.44. The van der Waals surface area contributed by atoms with Crippen LogP contribution in [0.2, 0.25) is 0 Å². The van der Waals surface area contributed by atoms with E-state index >= 15 is 0 Å². The van der Waals surface area contributed by atoms with Gasteiger partial charge >= 0.3 is 0 Å². The Kier molecular flexibility index (Phi) is 2.61. The minimum absolute atomic E-state index is 0.660. The highest BCUT2D eigenvalue weighted by atomic mass is 15.2. The van der Waals surface area contributed by atoms with Gasteiger partial charge in [-0.05, 0) is 51.6 Å². The Balaban J connectivity index is 1.83.